The number of carbonyl (C=O) groups is 2. The van der Waals surface area contributed by atoms with Crippen molar-refractivity contribution >= 4 is 11.6 Å². The van der Waals surface area contributed by atoms with Gasteiger partial charge in [0.15, 0.2) is 5.79 Å². The molecule has 61 heavy (non-hydrogen) atoms. The Morgan fingerprint density at radius 1 is 0.885 bits per heavy atom. The summed E-state index contributed by atoms with van der Waals surface area (Å²) in [6, 6.07) is 24.4. The summed E-state index contributed by atoms with van der Waals surface area (Å²) in [5.41, 5.74) is 3.47. The highest BCUT2D eigenvalue weighted by molar-refractivity contribution is 6.43. The highest BCUT2D eigenvalue weighted by Gasteiger charge is 2.58. The number of fused-ring (bicyclic) bond motifs is 2. The Hall–Kier alpha value is -3.52. The third-order valence-corrected chi connectivity index (χ3v) is 15.8. The predicted molar refractivity (Wildman–Crippen MR) is 240 cm³/mol. The van der Waals surface area contributed by atoms with Crippen molar-refractivity contribution in [2.45, 2.75) is 168 Å². The van der Waals surface area contributed by atoms with Crippen LogP contribution in [0.2, 0.25) is 0 Å². The highest BCUT2D eigenvalue weighted by Crippen LogP contribution is 2.63. The van der Waals surface area contributed by atoms with Crippen LogP contribution in [-0.2, 0) is 14.3 Å². The molecule has 4 unspecified atom stereocenters. The number of hydrogen-bond donors (Lipinski definition) is 1. The minimum Gasteiger partial charge on any atom is -0.385 e. The van der Waals surface area contributed by atoms with E-state index in [0.717, 1.165) is 53.5 Å². The Labute approximate surface area is 364 Å². The van der Waals surface area contributed by atoms with Gasteiger partial charge in [0.05, 0.1) is 18.8 Å². The molecule has 0 amide bonds. The van der Waals surface area contributed by atoms with Crippen LogP contribution in [0, 0.1) is 29.6 Å². The molecule has 7 heteroatoms. The van der Waals surface area contributed by atoms with Crippen molar-refractivity contribution in [1.82, 2.24) is 0 Å². The molecular weight excluding hydrogens is 767 g/mol. The Balaban J connectivity index is 1.15. The van der Waals surface area contributed by atoms with E-state index < -0.39 is 28.5 Å². The number of benzene rings is 3. The van der Waals surface area contributed by atoms with Gasteiger partial charge in [-0.15, -0.1) is 0 Å². The molecule has 1 aliphatic heterocycles. The minimum atomic E-state index is -1.92. The third kappa shape index (κ3) is 9.27. The van der Waals surface area contributed by atoms with Crippen molar-refractivity contribution in [2.75, 3.05) is 13.2 Å². The standard InChI is InChI=1S/C54H70F2O5/c1-10-51(8)31-43(40-23-21-39(22-24-40)38-19-17-37(18-20-38)36(3)30-46(57)48(58)41-15-13-35(2)14-16-41)47-42(44(51)12-11-27-52(9,56)50(6,7)55)25-28-53(59)32-54(29-26-45(47)53)60-33-49(4,5)34-61-54/h13-24,36,42-44,59H,10-12,25-34H2,1-9H3/t36-,42?,43+,44?,51?,52?,53+/m0/s1. The normalized spacial score (nSPS) is 28.7. The fourth-order valence-electron chi connectivity index (χ4n) is 11.2. The summed E-state index contributed by atoms with van der Waals surface area (Å²) in [4.78, 5) is 25.8. The molecule has 3 aromatic carbocycles. The smallest absolute Gasteiger partial charge is 0.228 e. The molecule has 3 aromatic rings. The molecule has 1 spiro atoms. The second kappa shape index (κ2) is 16.9. The first-order valence-corrected chi connectivity index (χ1v) is 23.0. The van der Waals surface area contributed by atoms with Crippen molar-refractivity contribution < 1.29 is 33.0 Å². The maximum Gasteiger partial charge on any atom is 0.228 e. The van der Waals surface area contributed by atoms with E-state index in [-0.39, 0.29) is 53.1 Å². The van der Waals surface area contributed by atoms with Crippen LogP contribution in [0.15, 0.2) is 83.9 Å². The number of ketones is 2. The number of hydrogen-bond acceptors (Lipinski definition) is 5. The van der Waals surface area contributed by atoms with Crippen molar-refractivity contribution in [3.63, 3.8) is 0 Å². The summed E-state index contributed by atoms with van der Waals surface area (Å²) in [6.45, 7) is 18.2. The van der Waals surface area contributed by atoms with Gasteiger partial charge in [-0.25, -0.2) is 8.78 Å². The zero-order valence-electron chi connectivity index (χ0n) is 38.3. The summed E-state index contributed by atoms with van der Waals surface area (Å²) >= 11 is 0. The van der Waals surface area contributed by atoms with E-state index in [2.05, 4.69) is 76.2 Å². The molecule has 2 saturated carbocycles. The monoisotopic (exact) mass is 837 g/mol. The van der Waals surface area contributed by atoms with Crippen LogP contribution in [0.3, 0.4) is 0 Å². The lowest BCUT2D eigenvalue weighted by molar-refractivity contribution is -0.322. The van der Waals surface area contributed by atoms with Gasteiger partial charge in [0.25, 0.3) is 0 Å². The predicted octanol–water partition coefficient (Wildman–Crippen LogP) is 13.2. The maximum atomic E-state index is 15.6. The topological polar surface area (TPSA) is 72.8 Å². The molecule has 1 N–H and O–H groups in total. The molecule has 7 rings (SSSR count). The zero-order chi connectivity index (χ0) is 44.2. The summed E-state index contributed by atoms with van der Waals surface area (Å²) < 4.78 is 43.5. The van der Waals surface area contributed by atoms with Crippen molar-refractivity contribution in [2.24, 2.45) is 22.7 Å². The number of ether oxygens (including phenoxy) is 2. The van der Waals surface area contributed by atoms with E-state index in [1.54, 1.807) is 12.1 Å². The van der Waals surface area contributed by atoms with Gasteiger partial charge in [-0.1, -0.05) is 125 Å². The largest absolute Gasteiger partial charge is 0.385 e. The molecular formula is C54H70F2O5. The van der Waals surface area contributed by atoms with Gasteiger partial charge in [-0.2, -0.15) is 0 Å². The second-order valence-electron chi connectivity index (χ2n) is 21.3. The number of carbonyl (C=O) groups excluding carboxylic acids is 2. The fourth-order valence-corrected chi connectivity index (χ4v) is 11.2. The second-order valence-corrected chi connectivity index (χ2v) is 21.3. The molecule has 3 fully saturated rings. The summed E-state index contributed by atoms with van der Waals surface area (Å²) in [6.07, 6.45) is 6.99. The molecule has 1 heterocycles. The quantitative estimate of drug-likeness (QED) is 0.105. The van der Waals surface area contributed by atoms with Crippen LogP contribution >= 0.6 is 0 Å². The Morgan fingerprint density at radius 2 is 1.49 bits per heavy atom. The number of rotatable bonds is 13. The van der Waals surface area contributed by atoms with Crippen LogP contribution < -0.4 is 0 Å². The third-order valence-electron chi connectivity index (χ3n) is 15.8. The molecule has 330 valence electrons. The van der Waals surface area contributed by atoms with Crippen molar-refractivity contribution in [3.8, 4) is 11.1 Å². The van der Waals surface area contributed by atoms with Gasteiger partial charge in [0, 0.05) is 36.2 Å². The summed E-state index contributed by atoms with van der Waals surface area (Å²) in [7, 11) is 0. The van der Waals surface area contributed by atoms with Crippen LogP contribution in [0.1, 0.15) is 165 Å². The first kappa shape index (κ1) is 45.5. The average molecular weight is 837 g/mol. The molecule has 5 nitrogen and oxygen atoms in total. The zero-order valence-corrected chi connectivity index (χ0v) is 38.3. The molecule has 1 saturated heterocycles. The molecule has 7 atom stereocenters. The van der Waals surface area contributed by atoms with Crippen LogP contribution in [-0.4, -0.2) is 52.6 Å². The highest BCUT2D eigenvalue weighted by atomic mass is 19.2. The lowest BCUT2D eigenvalue weighted by atomic mass is 9.49. The average Bonchev–Trinajstić information content (AvgIpc) is 3.22. The first-order chi connectivity index (χ1) is 28.6. The van der Waals surface area contributed by atoms with E-state index in [0.29, 0.717) is 50.9 Å². The van der Waals surface area contributed by atoms with Gasteiger partial charge in [0.1, 0.15) is 11.3 Å². The Bertz CT molecular complexity index is 2080. The molecule has 3 aliphatic carbocycles. The number of allylic oxidation sites excluding steroid dienone is 1. The van der Waals surface area contributed by atoms with E-state index in [4.69, 9.17) is 9.47 Å². The van der Waals surface area contributed by atoms with Crippen LogP contribution in [0.4, 0.5) is 8.78 Å². The van der Waals surface area contributed by atoms with E-state index in [1.165, 1.54) is 31.9 Å². The molecule has 0 radical (unpaired) electrons. The molecule has 4 aliphatic rings. The van der Waals surface area contributed by atoms with Crippen LogP contribution in [0.5, 0.6) is 0 Å². The fraction of sp³-hybridized carbons (Fsp3) is 0.593. The lowest BCUT2D eigenvalue weighted by Gasteiger charge is -2.58. The van der Waals surface area contributed by atoms with Crippen molar-refractivity contribution in [1.29, 1.82) is 0 Å². The summed E-state index contributed by atoms with van der Waals surface area (Å²) in [5, 5.41) is 12.7. The number of Topliss-reactive ketones (excluding diaryl/α,β-unsaturated/α-hetero) is 2. The molecule has 0 bridgehead atoms. The van der Waals surface area contributed by atoms with Gasteiger partial charge in [-0.3, -0.25) is 9.59 Å². The van der Waals surface area contributed by atoms with E-state index in [1.807, 2.05) is 26.0 Å². The number of aryl methyl sites for hydroxylation is 1. The Kier molecular flexibility index (Phi) is 12.6. The van der Waals surface area contributed by atoms with Gasteiger partial charge in [-0.05, 0) is 124 Å². The van der Waals surface area contributed by atoms with Gasteiger partial charge < -0.3 is 14.6 Å². The SMILES string of the molecule is CCC1(C)C[C@H](c2ccc(-c3ccc([C@@H](C)CC(=O)C(=O)c4ccc(C)cc4)cc3)cc2)C2=C3CCC4(C[C@]3(O)CCC2C1CCCC(C)(F)C(C)(C)F)OCC(C)(C)CO4. The Morgan fingerprint density at radius 3 is 2.08 bits per heavy atom. The van der Waals surface area contributed by atoms with Gasteiger partial charge >= 0.3 is 0 Å². The minimum absolute atomic E-state index is 0.0266. The number of aliphatic hydroxyl groups is 1. The van der Waals surface area contributed by atoms with E-state index >= 15 is 4.39 Å². The van der Waals surface area contributed by atoms with Crippen molar-refractivity contribution in [3.05, 3.63) is 106 Å². The number of alkyl halides is 2. The number of halogens is 2. The maximum absolute atomic E-state index is 15.6. The van der Waals surface area contributed by atoms with Crippen LogP contribution in [0.25, 0.3) is 11.1 Å². The lowest BCUT2D eigenvalue weighted by Crippen LogP contribution is -2.57. The summed E-state index contributed by atoms with van der Waals surface area (Å²) in [5.74, 6) is -1.07. The first-order valence-electron chi connectivity index (χ1n) is 23.0. The molecule has 0 aromatic heterocycles. The van der Waals surface area contributed by atoms with E-state index in [9.17, 15) is 19.1 Å². The van der Waals surface area contributed by atoms with Gasteiger partial charge in [0.2, 0.25) is 11.6 Å².